The van der Waals surface area contributed by atoms with E-state index in [0.29, 0.717) is 17.3 Å². The van der Waals surface area contributed by atoms with Crippen LogP contribution in [-0.4, -0.2) is 48.8 Å². The summed E-state index contributed by atoms with van der Waals surface area (Å²) in [5.41, 5.74) is 1.16. The average molecular weight is 351 g/mol. The van der Waals surface area contributed by atoms with E-state index in [-0.39, 0.29) is 6.04 Å². The van der Waals surface area contributed by atoms with Gasteiger partial charge in [0.15, 0.2) is 0 Å². The lowest BCUT2D eigenvalue weighted by Gasteiger charge is -2.37. The summed E-state index contributed by atoms with van der Waals surface area (Å²) in [5, 5.41) is 0. The molecule has 7 heteroatoms. The minimum Gasteiger partial charge on any atom is -0.294 e. The van der Waals surface area contributed by atoms with Crippen LogP contribution in [0.25, 0.3) is 0 Å². The molecule has 1 saturated heterocycles. The maximum absolute atomic E-state index is 12.7. The Hall–Kier alpha value is -1.28. The number of thiophene rings is 1. The van der Waals surface area contributed by atoms with Gasteiger partial charge in [0.05, 0.1) is 0 Å². The summed E-state index contributed by atoms with van der Waals surface area (Å²) in [6.07, 6.45) is 3.64. The van der Waals surface area contributed by atoms with E-state index in [1.807, 2.05) is 25.3 Å². The molecule has 124 valence electrons. The standard InChI is InChI=1S/C16H21N3O2S2/c1-13-5-6-16(22-13)23(20,21)19-10-8-18(9-11-19)14(2)15-4-3-7-17-12-15/h3-7,12,14H,8-11H2,1-2H3/t14-/m1/s1. The van der Waals surface area contributed by atoms with E-state index in [1.54, 1.807) is 16.6 Å². The molecule has 0 amide bonds. The molecule has 2 aromatic heterocycles. The molecule has 1 aliphatic rings. The molecule has 0 aliphatic carbocycles. The summed E-state index contributed by atoms with van der Waals surface area (Å²) in [6, 6.07) is 7.82. The Kier molecular flexibility index (Phi) is 4.82. The SMILES string of the molecule is Cc1ccc(S(=O)(=O)N2CCN([C@H](C)c3cccnc3)CC2)s1. The van der Waals surface area contributed by atoms with Crippen LogP contribution in [0.3, 0.4) is 0 Å². The highest BCUT2D eigenvalue weighted by Crippen LogP contribution is 2.27. The Labute approximate surface area is 141 Å². The fourth-order valence-corrected chi connectivity index (χ4v) is 5.70. The third-order valence-corrected chi connectivity index (χ3v) is 7.66. The lowest BCUT2D eigenvalue weighted by molar-refractivity contribution is 0.146. The molecule has 0 bridgehead atoms. The Morgan fingerprint density at radius 2 is 1.91 bits per heavy atom. The van der Waals surface area contributed by atoms with Gasteiger partial charge in [-0.05, 0) is 37.6 Å². The van der Waals surface area contributed by atoms with Crippen LogP contribution in [0.2, 0.25) is 0 Å². The smallest absolute Gasteiger partial charge is 0.252 e. The number of pyridine rings is 1. The van der Waals surface area contributed by atoms with E-state index in [0.717, 1.165) is 23.5 Å². The second-order valence-corrected chi connectivity index (χ2v) is 9.22. The number of hydrogen-bond donors (Lipinski definition) is 0. The molecular weight excluding hydrogens is 330 g/mol. The highest BCUT2D eigenvalue weighted by atomic mass is 32.2. The fourth-order valence-electron chi connectivity index (χ4n) is 2.84. The zero-order valence-corrected chi connectivity index (χ0v) is 15.0. The molecule has 0 N–H and O–H groups in total. The van der Waals surface area contributed by atoms with Gasteiger partial charge >= 0.3 is 0 Å². The topological polar surface area (TPSA) is 53.5 Å². The first-order valence-corrected chi connectivity index (χ1v) is 9.95. The van der Waals surface area contributed by atoms with Crippen molar-refractivity contribution in [3.05, 3.63) is 47.1 Å². The summed E-state index contributed by atoms with van der Waals surface area (Å²) in [6.45, 7) is 6.61. The summed E-state index contributed by atoms with van der Waals surface area (Å²) >= 11 is 1.34. The fraction of sp³-hybridized carbons (Fsp3) is 0.438. The molecule has 5 nitrogen and oxygen atoms in total. The Morgan fingerprint density at radius 3 is 2.48 bits per heavy atom. The summed E-state index contributed by atoms with van der Waals surface area (Å²) in [7, 11) is -3.34. The van der Waals surface area contributed by atoms with E-state index in [9.17, 15) is 8.42 Å². The number of nitrogens with zero attached hydrogens (tertiary/aromatic N) is 3. The predicted octanol–water partition coefficient (Wildman–Crippen LogP) is 2.52. The van der Waals surface area contributed by atoms with Gasteiger partial charge < -0.3 is 0 Å². The predicted molar refractivity (Wildman–Crippen MR) is 92.0 cm³/mol. The molecule has 2 aromatic rings. The van der Waals surface area contributed by atoms with Crippen molar-refractivity contribution in [1.82, 2.24) is 14.2 Å². The van der Waals surface area contributed by atoms with Crippen LogP contribution in [0.4, 0.5) is 0 Å². The second kappa shape index (κ2) is 6.68. The van der Waals surface area contributed by atoms with Crippen molar-refractivity contribution in [2.75, 3.05) is 26.2 Å². The van der Waals surface area contributed by atoms with Crippen molar-refractivity contribution < 1.29 is 8.42 Å². The Balaban J connectivity index is 1.67. The number of rotatable bonds is 4. The summed E-state index contributed by atoms with van der Waals surface area (Å²) in [4.78, 5) is 7.49. The van der Waals surface area contributed by atoms with E-state index in [4.69, 9.17) is 0 Å². The van der Waals surface area contributed by atoms with Gasteiger partial charge in [-0.15, -0.1) is 11.3 Å². The quantitative estimate of drug-likeness (QED) is 0.849. The first-order valence-electron chi connectivity index (χ1n) is 7.69. The van der Waals surface area contributed by atoms with Gasteiger partial charge in [-0.3, -0.25) is 9.88 Å². The van der Waals surface area contributed by atoms with Crippen molar-refractivity contribution in [2.24, 2.45) is 0 Å². The molecule has 0 aromatic carbocycles. The molecule has 1 fully saturated rings. The monoisotopic (exact) mass is 351 g/mol. The third kappa shape index (κ3) is 3.47. The number of hydrogen-bond acceptors (Lipinski definition) is 5. The van der Waals surface area contributed by atoms with Crippen LogP contribution < -0.4 is 0 Å². The van der Waals surface area contributed by atoms with Crippen LogP contribution in [0.15, 0.2) is 40.9 Å². The first kappa shape index (κ1) is 16.6. The van der Waals surface area contributed by atoms with Crippen molar-refractivity contribution >= 4 is 21.4 Å². The lowest BCUT2D eigenvalue weighted by Crippen LogP contribution is -2.49. The Morgan fingerprint density at radius 1 is 1.17 bits per heavy atom. The van der Waals surface area contributed by atoms with Gasteiger partial charge in [0, 0.05) is 49.5 Å². The molecule has 23 heavy (non-hydrogen) atoms. The van der Waals surface area contributed by atoms with Crippen molar-refractivity contribution in [2.45, 2.75) is 24.1 Å². The molecule has 1 atom stereocenters. The second-order valence-electron chi connectivity index (χ2n) is 5.77. The number of aryl methyl sites for hydroxylation is 1. The van der Waals surface area contributed by atoms with Gasteiger partial charge in [0.2, 0.25) is 0 Å². The molecule has 3 heterocycles. The molecule has 0 saturated carbocycles. The Bertz CT molecular complexity index is 751. The van der Waals surface area contributed by atoms with Crippen LogP contribution in [0, 0.1) is 6.92 Å². The minimum absolute atomic E-state index is 0.248. The maximum atomic E-state index is 12.7. The van der Waals surface area contributed by atoms with E-state index < -0.39 is 10.0 Å². The van der Waals surface area contributed by atoms with Gasteiger partial charge in [0.1, 0.15) is 4.21 Å². The van der Waals surface area contributed by atoms with Gasteiger partial charge in [0.25, 0.3) is 10.0 Å². The normalized spacial score (nSPS) is 18.9. The molecule has 0 radical (unpaired) electrons. The van der Waals surface area contributed by atoms with Crippen LogP contribution in [-0.2, 0) is 10.0 Å². The van der Waals surface area contributed by atoms with Crippen molar-refractivity contribution in [3.63, 3.8) is 0 Å². The van der Waals surface area contributed by atoms with Gasteiger partial charge in [-0.1, -0.05) is 6.07 Å². The molecular formula is C16H21N3O2S2. The molecule has 0 spiro atoms. The van der Waals surface area contributed by atoms with Crippen LogP contribution in [0.5, 0.6) is 0 Å². The van der Waals surface area contributed by atoms with Crippen molar-refractivity contribution in [1.29, 1.82) is 0 Å². The van der Waals surface area contributed by atoms with Gasteiger partial charge in [-0.25, -0.2) is 8.42 Å². The largest absolute Gasteiger partial charge is 0.294 e. The van der Waals surface area contributed by atoms with E-state index in [2.05, 4.69) is 22.9 Å². The van der Waals surface area contributed by atoms with Crippen LogP contribution in [0.1, 0.15) is 23.4 Å². The average Bonchev–Trinajstić information content (AvgIpc) is 3.02. The summed E-state index contributed by atoms with van der Waals surface area (Å²) < 4.78 is 27.4. The number of piperazine rings is 1. The summed E-state index contributed by atoms with van der Waals surface area (Å²) in [5.74, 6) is 0. The zero-order chi connectivity index (χ0) is 16.4. The maximum Gasteiger partial charge on any atom is 0.252 e. The van der Waals surface area contributed by atoms with E-state index in [1.165, 1.54) is 11.3 Å². The van der Waals surface area contributed by atoms with Crippen LogP contribution >= 0.6 is 11.3 Å². The number of aromatic nitrogens is 1. The molecule has 1 aliphatic heterocycles. The molecule has 0 unspecified atom stereocenters. The molecule has 3 rings (SSSR count). The van der Waals surface area contributed by atoms with Crippen molar-refractivity contribution in [3.8, 4) is 0 Å². The zero-order valence-electron chi connectivity index (χ0n) is 13.3. The highest BCUT2D eigenvalue weighted by molar-refractivity contribution is 7.91. The third-order valence-electron chi connectivity index (χ3n) is 4.30. The highest BCUT2D eigenvalue weighted by Gasteiger charge is 2.31. The lowest BCUT2D eigenvalue weighted by atomic mass is 10.1. The first-order chi connectivity index (χ1) is 11.0. The minimum atomic E-state index is -3.34. The van der Waals surface area contributed by atoms with Gasteiger partial charge in [-0.2, -0.15) is 4.31 Å². The van der Waals surface area contributed by atoms with E-state index >= 15 is 0 Å². The number of sulfonamides is 1.